The van der Waals surface area contributed by atoms with E-state index in [9.17, 15) is 14.9 Å². The van der Waals surface area contributed by atoms with E-state index in [1.165, 1.54) is 42.5 Å². The van der Waals surface area contributed by atoms with E-state index >= 15 is 0 Å². The Bertz CT molecular complexity index is 881. The first-order valence-electron chi connectivity index (χ1n) is 9.72. The van der Waals surface area contributed by atoms with Gasteiger partial charge >= 0.3 is 5.69 Å². The Labute approximate surface area is 163 Å². The lowest BCUT2D eigenvalue weighted by Gasteiger charge is -2.28. The van der Waals surface area contributed by atoms with Crippen molar-refractivity contribution in [3.63, 3.8) is 0 Å². The number of rotatable bonds is 7. The highest BCUT2D eigenvalue weighted by atomic mass is 16.6. The Kier molecular flexibility index (Phi) is 5.02. The van der Waals surface area contributed by atoms with Crippen molar-refractivity contribution in [1.82, 2.24) is 15.1 Å². The first-order chi connectivity index (χ1) is 13.5. The molecular weight excluding hydrogens is 360 g/mol. The number of nitrogens with zero attached hydrogens (tertiary/aromatic N) is 3. The van der Waals surface area contributed by atoms with Crippen molar-refractivity contribution < 1.29 is 14.5 Å². The minimum absolute atomic E-state index is 0.0138. The summed E-state index contributed by atoms with van der Waals surface area (Å²) in [5, 5.41) is 18.4. The van der Waals surface area contributed by atoms with Gasteiger partial charge in [-0.25, -0.2) is 4.68 Å². The fourth-order valence-corrected chi connectivity index (χ4v) is 4.71. The van der Waals surface area contributed by atoms with Crippen molar-refractivity contribution in [3.05, 3.63) is 52.3 Å². The summed E-state index contributed by atoms with van der Waals surface area (Å²) < 4.78 is 6.95. The van der Waals surface area contributed by atoms with E-state index in [4.69, 9.17) is 4.74 Å². The maximum atomic E-state index is 12.5. The van der Waals surface area contributed by atoms with Crippen molar-refractivity contribution >= 4 is 11.6 Å². The molecule has 1 aromatic carbocycles. The molecule has 0 spiro atoms. The van der Waals surface area contributed by atoms with Gasteiger partial charge in [0, 0.05) is 18.3 Å². The molecule has 2 aliphatic rings. The Balaban J connectivity index is 1.34. The van der Waals surface area contributed by atoms with Crippen molar-refractivity contribution in [2.75, 3.05) is 0 Å². The van der Waals surface area contributed by atoms with Gasteiger partial charge in [0.2, 0.25) is 0 Å². The summed E-state index contributed by atoms with van der Waals surface area (Å²) >= 11 is 0. The molecule has 2 fully saturated rings. The van der Waals surface area contributed by atoms with E-state index in [1.54, 1.807) is 24.4 Å². The third-order valence-electron chi connectivity index (χ3n) is 6.08. The number of amides is 1. The largest absolute Gasteiger partial charge is 0.464 e. The molecule has 1 heterocycles. The summed E-state index contributed by atoms with van der Waals surface area (Å²) in [7, 11) is 0. The summed E-state index contributed by atoms with van der Waals surface area (Å²) in [6.07, 6.45) is 6.78. The third-order valence-corrected chi connectivity index (χ3v) is 6.08. The van der Waals surface area contributed by atoms with Gasteiger partial charge in [0.1, 0.15) is 5.69 Å². The average Bonchev–Trinajstić information content (AvgIpc) is 3.43. The van der Waals surface area contributed by atoms with E-state index in [2.05, 4.69) is 17.3 Å². The van der Waals surface area contributed by atoms with Gasteiger partial charge in [-0.15, -0.1) is 0 Å². The topological polar surface area (TPSA) is 99.3 Å². The summed E-state index contributed by atoms with van der Waals surface area (Å²) in [5.74, 6) is 2.12. The second kappa shape index (κ2) is 7.61. The molecule has 2 aliphatic carbocycles. The van der Waals surface area contributed by atoms with Gasteiger partial charge in [0.05, 0.1) is 4.92 Å². The zero-order valence-electron chi connectivity index (χ0n) is 15.8. The number of carbonyl (C=O) groups is 1. The first-order valence-corrected chi connectivity index (χ1v) is 9.72. The van der Waals surface area contributed by atoms with E-state index in [-0.39, 0.29) is 30.1 Å². The van der Waals surface area contributed by atoms with Crippen LogP contribution in [-0.4, -0.2) is 26.7 Å². The van der Waals surface area contributed by atoms with Crippen LogP contribution in [0.4, 0.5) is 5.69 Å². The van der Waals surface area contributed by atoms with Gasteiger partial charge in [0.15, 0.2) is 12.5 Å². The molecule has 28 heavy (non-hydrogen) atoms. The predicted octanol–water partition coefficient (Wildman–Crippen LogP) is 3.38. The Morgan fingerprint density at radius 3 is 2.89 bits per heavy atom. The number of fused-ring (bicyclic) bond motifs is 2. The number of hydrogen-bond donors (Lipinski definition) is 1. The Hall–Kier alpha value is -2.90. The summed E-state index contributed by atoms with van der Waals surface area (Å²) in [6, 6.07) is 7.93. The lowest BCUT2D eigenvalue weighted by Crippen LogP contribution is -2.40. The molecule has 4 atom stereocenters. The van der Waals surface area contributed by atoms with Gasteiger partial charge in [-0.1, -0.05) is 18.6 Å². The van der Waals surface area contributed by atoms with Crippen LogP contribution in [0.1, 0.15) is 43.1 Å². The molecule has 0 radical (unpaired) electrons. The van der Waals surface area contributed by atoms with E-state index < -0.39 is 4.92 Å². The van der Waals surface area contributed by atoms with Gasteiger partial charge in [-0.2, -0.15) is 5.10 Å². The normalized spacial score (nSPS) is 24.1. The van der Waals surface area contributed by atoms with E-state index in [0.717, 1.165) is 11.8 Å². The third kappa shape index (κ3) is 3.72. The highest BCUT2D eigenvalue weighted by molar-refractivity contribution is 5.92. The molecule has 8 heteroatoms. The van der Waals surface area contributed by atoms with E-state index in [1.807, 2.05) is 0 Å². The molecule has 0 aliphatic heterocycles. The molecule has 0 unspecified atom stereocenters. The van der Waals surface area contributed by atoms with Crippen molar-refractivity contribution in [2.24, 2.45) is 17.8 Å². The van der Waals surface area contributed by atoms with Crippen LogP contribution in [0.3, 0.4) is 0 Å². The monoisotopic (exact) mass is 384 g/mol. The highest BCUT2D eigenvalue weighted by Crippen LogP contribution is 2.49. The Morgan fingerprint density at radius 1 is 1.36 bits per heavy atom. The van der Waals surface area contributed by atoms with Crippen molar-refractivity contribution in [1.29, 1.82) is 0 Å². The van der Waals surface area contributed by atoms with Crippen molar-refractivity contribution in [3.8, 4) is 5.75 Å². The number of ether oxygens (including phenoxy) is 1. The average molecular weight is 384 g/mol. The number of benzene rings is 1. The van der Waals surface area contributed by atoms with Gasteiger partial charge in [-0.05, 0) is 56.1 Å². The highest BCUT2D eigenvalue weighted by Gasteiger charge is 2.42. The number of nitrogens with one attached hydrogen (secondary N) is 1. The predicted molar refractivity (Wildman–Crippen MR) is 102 cm³/mol. The summed E-state index contributed by atoms with van der Waals surface area (Å²) in [4.78, 5) is 23.1. The van der Waals surface area contributed by atoms with Crippen LogP contribution in [0.25, 0.3) is 0 Å². The maximum Gasteiger partial charge on any atom is 0.311 e. The SMILES string of the molecule is C[C@@H](NC(=O)c1ccn(COc2ccccc2[N+](=O)[O-])n1)[C@H]1C[C@@H]2CC[C@@H]1C2. The number of hydrogen-bond acceptors (Lipinski definition) is 5. The van der Waals surface area contributed by atoms with Gasteiger partial charge in [-0.3, -0.25) is 14.9 Å². The van der Waals surface area contributed by atoms with Crippen LogP contribution in [0, 0.1) is 27.9 Å². The molecule has 8 nitrogen and oxygen atoms in total. The molecule has 1 aromatic heterocycles. The van der Waals surface area contributed by atoms with Crippen molar-refractivity contribution in [2.45, 2.75) is 45.4 Å². The zero-order chi connectivity index (χ0) is 19.7. The summed E-state index contributed by atoms with van der Waals surface area (Å²) in [6.45, 7) is 2.07. The molecule has 1 amide bonds. The lowest BCUT2D eigenvalue weighted by atomic mass is 9.84. The second-order valence-electron chi connectivity index (χ2n) is 7.84. The molecule has 2 aromatic rings. The standard InChI is InChI=1S/C20H24N4O4/c1-13(16-11-14-6-7-15(16)10-14)21-20(25)17-8-9-23(22-17)12-28-19-5-3-2-4-18(19)24(26)27/h2-5,8-9,13-16H,6-7,10-12H2,1H3,(H,21,25)/t13-,14-,15-,16-/m1/s1. The molecule has 2 saturated carbocycles. The minimum atomic E-state index is -0.492. The molecule has 2 bridgehead atoms. The molecule has 4 rings (SSSR count). The second-order valence-corrected chi connectivity index (χ2v) is 7.84. The number of aromatic nitrogens is 2. The van der Waals surface area contributed by atoms with Crippen LogP contribution in [0.5, 0.6) is 5.75 Å². The van der Waals surface area contributed by atoms with Gasteiger partial charge < -0.3 is 10.1 Å². The summed E-state index contributed by atoms with van der Waals surface area (Å²) in [5.41, 5.74) is 0.216. The number of nitro benzene ring substituents is 1. The fourth-order valence-electron chi connectivity index (χ4n) is 4.71. The number of carbonyl (C=O) groups excluding carboxylic acids is 1. The van der Waals surface area contributed by atoms with Crippen LogP contribution >= 0.6 is 0 Å². The number of nitro groups is 1. The van der Waals surface area contributed by atoms with Crippen LogP contribution in [-0.2, 0) is 6.73 Å². The van der Waals surface area contributed by atoms with Crippen LogP contribution in [0.2, 0.25) is 0 Å². The maximum absolute atomic E-state index is 12.5. The van der Waals surface area contributed by atoms with Gasteiger partial charge in [0.25, 0.3) is 5.91 Å². The van der Waals surface area contributed by atoms with Crippen LogP contribution < -0.4 is 10.1 Å². The van der Waals surface area contributed by atoms with Crippen LogP contribution in [0.15, 0.2) is 36.5 Å². The number of para-hydroxylation sites is 2. The molecular formula is C20H24N4O4. The van der Waals surface area contributed by atoms with E-state index in [0.29, 0.717) is 11.6 Å². The smallest absolute Gasteiger partial charge is 0.311 e. The first kappa shape index (κ1) is 18.5. The molecule has 148 valence electrons. The lowest BCUT2D eigenvalue weighted by molar-refractivity contribution is -0.386. The quantitative estimate of drug-likeness (QED) is 0.583. The Morgan fingerprint density at radius 2 is 2.18 bits per heavy atom. The molecule has 1 N–H and O–H groups in total. The molecule has 0 saturated heterocycles. The zero-order valence-corrected chi connectivity index (χ0v) is 15.8. The fraction of sp³-hybridized carbons (Fsp3) is 0.500. The minimum Gasteiger partial charge on any atom is -0.464 e.